The average molecular weight is 298 g/mol. The van der Waals surface area contributed by atoms with E-state index in [1.807, 2.05) is 11.6 Å². The fraction of sp³-hybridized carbons (Fsp3) is 0.812. The van der Waals surface area contributed by atoms with Crippen LogP contribution in [0.25, 0.3) is 0 Å². The molecule has 1 aromatic heterocycles. The van der Waals surface area contributed by atoms with Crippen LogP contribution in [0.4, 0.5) is 5.82 Å². The Hall–Kier alpha value is -0.700. The van der Waals surface area contributed by atoms with Gasteiger partial charge in [-0.25, -0.2) is 4.68 Å². The molecule has 2 N–H and O–H groups in total. The number of nitrogens with two attached hydrogens (primary N) is 1. The largest absolute Gasteiger partial charge is 0.383 e. The number of aryl methyl sites for hydroxylation is 1. The van der Waals surface area contributed by atoms with Crippen molar-refractivity contribution in [1.29, 1.82) is 0 Å². The average Bonchev–Trinajstić information content (AvgIpc) is 2.67. The molecule has 0 aliphatic heterocycles. The summed E-state index contributed by atoms with van der Waals surface area (Å²) >= 11 is 6.19. The Labute approximate surface area is 127 Å². The van der Waals surface area contributed by atoms with Gasteiger partial charge >= 0.3 is 0 Å². The van der Waals surface area contributed by atoms with E-state index in [1.165, 1.54) is 70.6 Å². The SMILES string of the molecule is Cc1nn(C2CCCCCCCCCCC2)c(N)c1Cl. The van der Waals surface area contributed by atoms with Crippen LogP contribution in [-0.2, 0) is 0 Å². The molecule has 1 aromatic rings. The first-order chi connectivity index (χ1) is 9.70. The van der Waals surface area contributed by atoms with Crippen LogP contribution >= 0.6 is 11.6 Å². The molecule has 1 fully saturated rings. The van der Waals surface area contributed by atoms with Gasteiger partial charge in [-0.05, 0) is 19.8 Å². The smallest absolute Gasteiger partial charge is 0.141 e. The van der Waals surface area contributed by atoms with E-state index >= 15 is 0 Å². The fourth-order valence-corrected chi connectivity index (χ4v) is 3.33. The molecule has 1 aliphatic carbocycles. The molecule has 0 spiro atoms. The Morgan fingerprint density at radius 3 is 1.80 bits per heavy atom. The van der Waals surface area contributed by atoms with Crippen LogP contribution in [0.3, 0.4) is 0 Å². The van der Waals surface area contributed by atoms with E-state index in [0.717, 1.165) is 5.69 Å². The van der Waals surface area contributed by atoms with E-state index < -0.39 is 0 Å². The Morgan fingerprint density at radius 2 is 1.40 bits per heavy atom. The lowest BCUT2D eigenvalue weighted by molar-refractivity contribution is 0.364. The Bertz CT molecular complexity index is 402. The van der Waals surface area contributed by atoms with Crippen molar-refractivity contribution in [3.05, 3.63) is 10.7 Å². The highest BCUT2D eigenvalue weighted by molar-refractivity contribution is 6.33. The van der Waals surface area contributed by atoms with Gasteiger partial charge in [0, 0.05) is 0 Å². The lowest BCUT2D eigenvalue weighted by Crippen LogP contribution is -2.14. The molecule has 0 bridgehead atoms. The van der Waals surface area contributed by atoms with Gasteiger partial charge in [0.1, 0.15) is 10.8 Å². The topological polar surface area (TPSA) is 43.8 Å². The van der Waals surface area contributed by atoms with Crippen LogP contribution in [0.1, 0.15) is 82.4 Å². The molecule has 1 saturated carbocycles. The normalized spacial score (nSPS) is 20.3. The number of nitrogens with zero attached hydrogens (tertiary/aromatic N) is 2. The number of aromatic nitrogens is 2. The van der Waals surface area contributed by atoms with Crippen molar-refractivity contribution in [3.8, 4) is 0 Å². The van der Waals surface area contributed by atoms with Crippen LogP contribution in [-0.4, -0.2) is 9.78 Å². The maximum absolute atomic E-state index is 6.19. The Morgan fingerprint density at radius 1 is 0.950 bits per heavy atom. The number of halogens is 1. The summed E-state index contributed by atoms with van der Waals surface area (Å²) in [6, 6.07) is 0.431. The molecule has 1 aliphatic rings. The highest BCUT2D eigenvalue weighted by atomic mass is 35.5. The molecule has 114 valence electrons. The Balaban J connectivity index is 2.03. The van der Waals surface area contributed by atoms with Crippen LogP contribution in [0, 0.1) is 6.92 Å². The summed E-state index contributed by atoms with van der Waals surface area (Å²) in [6.45, 7) is 1.94. The standard InChI is InChI=1S/C16H28ClN3/c1-13-15(17)16(18)20(19-13)14-11-9-7-5-3-2-4-6-8-10-12-14/h14H,2-12,18H2,1H3. The van der Waals surface area contributed by atoms with Crippen LogP contribution in [0.2, 0.25) is 5.02 Å². The molecule has 3 nitrogen and oxygen atoms in total. The monoisotopic (exact) mass is 297 g/mol. The van der Waals surface area contributed by atoms with Gasteiger partial charge in [0.2, 0.25) is 0 Å². The van der Waals surface area contributed by atoms with Crippen molar-refractivity contribution in [2.45, 2.75) is 83.6 Å². The molecule has 1 heterocycles. The molecular weight excluding hydrogens is 270 g/mol. The molecule has 4 heteroatoms. The zero-order valence-electron chi connectivity index (χ0n) is 12.7. The van der Waals surface area contributed by atoms with Crippen molar-refractivity contribution in [2.75, 3.05) is 5.73 Å². The molecule has 0 amide bonds. The fourth-order valence-electron chi connectivity index (χ4n) is 3.21. The van der Waals surface area contributed by atoms with E-state index in [0.29, 0.717) is 16.9 Å². The number of anilines is 1. The lowest BCUT2D eigenvalue weighted by Gasteiger charge is -2.19. The zero-order chi connectivity index (χ0) is 14.4. The minimum atomic E-state index is 0.431. The van der Waals surface area contributed by atoms with E-state index in [1.54, 1.807) is 0 Å². The van der Waals surface area contributed by atoms with Gasteiger partial charge in [-0.2, -0.15) is 5.10 Å². The highest BCUT2D eigenvalue weighted by Gasteiger charge is 2.18. The summed E-state index contributed by atoms with van der Waals surface area (Å²) in [7, 11) is 0. The molecule has 0 radical (unpaired) electrons. The van der Waals surface area contributed by atoms with Gasteiger partial charge in [0.25, 0.3) is 0 Å². The molecule has 20 heavy (non-hydrogen) atoms. The molecule has 0 saturated heterocycles. The van der Waals surface area contributed by atoms with Crippen molar-refractivity contribution < 1.29 is 0 Å². The highest BCUT2D eigenvalue weighted by Crippen LogP contribution is 2.31. The first kappa shape index (κ1) is 15.7. The predicted molar refractivity (Wildman–Crippen MR) is 86.2 cm³/mol. The van der Waals surface area contributed by atoms with Crippen LogP contribution in [0.5, 0.6) is 0 Å². The first-order valence-corrected chi connectivity index (χ1v) is 8.58. The van der Waals surface area contributed by atoms with E-state index in [4.69, 9.17) is 17.3 Å². The van der Waals surface area contributed by atoms with Crippen molar-refractivity contribution in [1.82, 2.24) is 9.78 Å². The summed E-state index contributed by atoms with van der Waals surface area (Å²) in [4.78, 5) is 0. The summed E-state index contributed by atoms with van der Waals surface area (Å²) in [5.74, 6) is 0.654. The van der Waals surface area contributed by atoms with E-state index in [-0.39, 0.29) is 0 Å². The first-order valence-electron chi connectivity index (χ1n) is 8.20. The van der Waals surface area contributed by atoms with Crippen molar-refractivity contribution >= 4 is 17.4 Å². The lowest BCUT2D eigenvalue weighted by atomic mass is 9.98. The maximum Gasteiger partial charge on any atom is 0.141 e. The summed E-state index contributed by atoms with van der Waals surface area (Å²) in [6.07, 6.45) is 14.6. The zero-order valence-corrected chi connectivity index (χ0v) is 13.5. The third-order valence-corrected chi connectivity index (χ3v) is 4.93. The summed E-state index contributed by atoms with van der Waals surface area (Å²) in [5.41, 5.74) is 6.98. The van der Waals surface area contributed by atoms with E-state index in [2.05, 4.69) is 5.10 Å². The minimum Gasteiger partial charge on any atom is -0.383 e. The van der Waals surface area contributed by atoms with Crippen molar-refractivity contribution in [2.24, 2.45) is 0 Å². The maximum atomic E-state index is 6.19. The van der Waals surface area contributed by atoms with Gasteiger partial charge in [0.05, 0.1) is 11.7 Å². The minimum absolute atomic E-state index is 0.431. The molecular formula is C16H28ClN3. The van der Waals surface area contributed by atoms with Crippen molar-refractivity contribution in [3.63, 3.8) is 0 Å². The van der Waals surface area contributed by atoms with Crippen LogP contribution < -0.4 is 5.73 Å². The van der Waals surface area contributed by atoms with Gasteiger partial charge in [-0.3, -0.25) is 0 Å². The second kappa shape index (κ2) is 7.92. The van der Waals surface area contributed by atoms with Gasteiger partial charge in [-0.15, -0.1) is 0 Å². The third-order valence-electron chi connectivity index (χ3n) is 4.47. The quantitative estimate of drug-likeness (QED) is 0.767. The van der Waals surface area contributed by atoms with E-state index in [9.17, 15) is 0 Å². The second-order valence-electron chi connectivity index (χ2n) is 6.14. The second-order valence-corrected chi connectivity index (χ2v) is 6.52. The third kappa shape index (κ3) is 4.15. The number of hydrogen-bond acceptors (Lipinski definition) is 2. The predicted octanol–water partition coefficient (Wildman–Crippen LogP) is 5.27. The summed E-state index contributed by atoms with van der Waals surface area (Å²) in [5, 5.41) is 5.20. The van der Waals surface area contributed by atoms with Gasteiger partial charge in [0.15, 0.2) is 0 Å². The number of rotatable bonds is 1. The Kier molecular flexibility index (Phi) is 6.21. The number of hydrogen-bond donors (Lipinski definition) is 1. The molecule has 0 aromatic carbocycles. The molecule has 2 rings (SSSR count). The van der Waals surface area contributed by atoms with Gasteiger partial charge in [-0.1, -0.05) is 69.4 Å². The van der Waals surface area contributed by atoms with Crippen LogP contribution in [0.15, 0.2) is 0 Å². The molecule has 0 atom stereocenters. The summed E-state index contributed by atoms with van der Waals surface area (Å²) < 4.78 is 1.99. The number of nitrogen functional groups attached to an aromatic ring is 1. The molecule has 0 unspecified atom stereocenters. The van der Waals surface area contributed by atoms with Gasteiger partial charge < -0.3 is 5.73 Å².